The van der Waals surface area contributed by atoms with Crippen LogP contribution in [0.1, 0.15) is 56.0 Å². The molecule has 0 fully saturated rings. The lowest BCUT2D eigenvalue weighted by molar-refractivity contribution is -0.120. The minimum Gasteiger partial charge on any atom is -0.535 e. The van der Waals surface area contributed by atoms with E-state index in [0.717, 1.165) is 24.8 Å². The molecule has 0 aromatic heterocycles. The molecule has 2 aromatic carbocycles. The second-order valence-electron chi connectivity index (χ2n) is 6.51. The summed E-state index contributed by atoms with van der Waals surface area (Å²) in [5, 5.41) is 0. The summed E-state index contributed by atoms with van der Waals surface area (Å²) in [6.45, 7) is 6.71. The van der Waals surface area contributed by atoms with Crippen LogP contribution in [0.5, 0.6) is 5.75 Å². The van der Waals surface area contributed by atoms with Gasteiger partial charge in [-0.3, -0.25) is 4.79 Å². The fourth-order valence-electron chi connectivity index (χ4n) is 2.94. The maximum atomic E-state index is 12.7. The van der Waals surface area contributed by atoms with Gasteiger partial charge < -0.3 is 14.1 Å². The van der Waals surface area contributed by atoms with Crippen molar-refractivity contribution < 1.29 is 23.7 Å². The highest BCUT2D eigenvalue weighted by molar-refractivity contribution is 6.49. The Morgan fingerprint density at radius 3 is 2.32 bits per heavy atom. The summed E-state index contributed by atoms with van der Waals surface area (Å²) in [6.07, 6.45) is 2.26. The first-order valence-electron chi connectivity index (χ1n) is 9.54. The van der Waals surface area contributed by atoms with Crippen LogP contribution in [0.2, 0.25) is 0 Å². The highest BCUT2D eigenvalue weighted by atomic mass is 16.6. The topological polar surface area (TPSA) is 61.8 Å². The number of ether oxygens (including phenoxy) is 2. The molecule has 0 atom stereocenters. The van der Waals surface area contributed by atoms with Gasteiger partial charge in [-0.25, -0.2) is 4.79 Å². The molecule has 2 aromatic rings. The van der Waals surface area contributed by atoms with Crippen molar-refractivity contribution in [3.8, 4) is 5.75 Å². The van der Waals surface area contributed by atoms with Gasteiger partial charge in [-0.15, -0.1) is 0 Å². The van der Waals surface area contributed by atoms with Gasteiger partial charge in [-0.2, -0.15) is 0 Å². The Labute approximate surface area is 167 Å². The number of hydrogen-bond donors (Lipinski definition) is 0. The first kappa shape index (κ1) is 21.5. The monoisotopic (exact) mass is 381 g/mol. The first-order valence-corrected chi connectivity index (χ1v) is 9.54. The van der Waals surface area contributed by atoms with E-state index in [1.165, 1.54) is 7.48 Å². The third-order valence-corrected chi connectivity index (χ3v) is 4.98. The van der Waals surface area contributed by atoms with Crippen molar-refractivity contribution in [2.75, 3.05) is 0 Å². The molecule has 147 valence electrons. The van der Waals surface area contributed by atoms with Gasteiger partial charge in [0.2, 0.25) is 0 Å². The fraction of sp³-hybridized carbons (Fsp3) is 0.364. The van der Waals surface area contributed by atoms with Gasteiger partial charge in [0.05, 0.1) is 5.56 Å². The van der Waals surface area contributed by atoms with Crippen molar-refractivity contribution in [3.63, 3.8) is 0 Å². The molecular formula is C22H26BO5. The highest BCUT2D eigenvalue weighted by Crippen LogP contribution is 2.26. The van der Waals surface area contributed by atoms with Gasteiger partial charge in [0.25, 0.3) is 6.47 Å². The maximum absolute atomic E-state index is 12.7. The molecule has 0 aliphatic rings. The van der Waals surface area contributed by atoms with Gasteiger partial charge in [0, 0.05) is 5.46 Å². The number of hydrogen-bond acceptors (Lipinski definition) is 5. The molecule has 0 aliphatic heterocycles. The normalized spacial score (nSPS) is 10.8. The Kier molecular flexibility index (Phi) is 8.11. The van der Waals surface area contributed by atoms with E-state index in [1.807, 2.05) is 51.1 Å². The average Bonchev–Trinajstić information content (AvgIpc) is 2.75. The zero-order valence-corrected chi connectivity index (χ0v) is 16.6. The fourth-order valence-corrected chi connectivity index (χ4v) is 2.94. The van der Waals surface area contributed by atoms with Gasteiger partial charge >= 0.3 is 13.5 Å². The van der Waals surface area contributed by atoms with Crippen LogP contribution in [0, 0.1) is 0 Å². The van der Waals surface area contributed by atoms with Gasteiger partial charge in [-0.1, -0.05) is 57.2 Å². The Morgan fingerprint density at radius 1 is 1.04 bits per heavy atom. The SMILES string of the molecule is CCC(CC)(CC)OC(=O)c1ccc([B]OC=O)c(OCc2ccccc2)c1. The minimum atomic E-state index is -0.465. The van der Waals surface area contributed by atoms with E-state index in [2.05, 4.69) is 0 Å². The summed E-state index contributed by atoms with van der Waals surface area (Å²) in [6, 6.07) is 14.6. The van der Waals surface area contributed by atoms with Crippen LogP contribution in [0.15, 0.2) is 48.5 Å². The largest absolute Gasteiger partial charge is 0.535 e. The van der Waals surface area contributed by atoms with E-state index in [1.54, 1.807) is 18.2 Å². The Balaban J connectivity index is 2.23. The lowest BCUT2D eigenvalue weighted by Gasteiger charge is -2.30. The molecule has 0 aliphatic carbocycles. The van der Waals surface area contributed by atoms with E-state index in [-0.39, 0.29) is 0 Å². The molecule has 0 amide bonds. The third kappa shape index (κ3) is 5.62. The lowest BCUT2D eigenvalue weighted by atomic mass is 9.86. The van der Waals surface area contributed by atoms with Crippen molar-refractivity contribution >= 4 is 25.4 Å². The standard InChI is InChI=1S/C22H26BO5/c1-4-22(5-2,6-3)28-21(25)18-12-13-19(23-27-16-24)20(14-18)26-15-17-10-8-7-9-11-17/h7-14,16H,4-6,15H2,1-3H3. The summed E-state index contributed by atoms with van der Waals surface area (Å²) in [5.74, 6) is 0.0493. The molecule has 0 heterocycles. The zero-order valence-electron chi connectivity index (χ0n) is 16.6. The molecule has 0 spiro atoms. The summed E-state index contributed by atoms with van der Waals surface area (Å²) in [5.41, 5.74) is 1.48. The number of carbonyl (C=O) groups excluding carboxylic acids is 2. The third-order valence-electron chi connectivity index (χ3n) is 4.98. The number of esters is 1. The molecule has 28 heavy (non-hydrogen) atoms. The molecule has 6 heteroatoms. The number of carbonyl (C=O) groups is 2. The molecule has 1 radical (unpaired) electrons. The second kappa shape index (κ2) is 10.5. The van der Waals surface area contributed by atoms with Crippen LogP contribution in [0.4, 0.5) is 0 Å². The summed E-state index contributed by atoms with van der Waals surface area (Å²) in [4.78, 5) is 23.2. The summed E-state index contributed by atoms with van der Waals surface area (Å²) in [7, 11) is 1.29. The van der Waals surface area contributed by atoms with Crippen LogP contribution in [0.25, 0.3) is 0 Å². The molecule has 2 rings (SSSR count). The van der Waals surface area contributed by atoms with Gasteiger partial charge in [-0.05, 0) is 37.0 Å². The predicted octanol–water partition coefficient (Wildman–Crippen LogP) is 3.81. The average molecular weight is 381 g/mol. The molecule has 0 saturated carbocycles. The molecular weight excluding hydrogens is 355 g/mol. The Morgan fingerprint density at radius 2 is 1.71 bits per heavy atom. The van der Waals surface area contributed by atoms with Crippen LogP contribution >= 0.6 is 0 Å². The van der Waals surface area contributed by atoms with E-state index < -0.39 is 11.6 Å². The van der Waals surface area contributed by atoms with Gasteiger partial charge in [0.15, 0.2) is 0 Å². The zero-order chi connectivity index (χ0) is 20.4. The molecule has 0 unspecified atom stereocenters. The minimum absolute atomic E-state index is 0.323. The number of benzene rings is 2. The first-order chi connectivity index (χ1) is 13.6. The van der Waals surface area contributed by atoms with E-state index in [4.69, 9.17) is 14.1 Å². The second-order valence-corrected chi connectivity index (χ2v) is 6.51. The van der Waals surface area contributed by atoms with Crippen LogP contribution < -0.4 is 10.2 Å². The van der Waals surface area contributed by atoms with E-state index >= 15 is 0 Å². The van der Waals surface area contributed by atoms with Crippen LogP contribution in [-0.4, -0.2) is 25.5 Å². The van der Waals surface area contributed by atoms with Crippen molar-refractivity contribution in [3.05, 3.63) is 59.7 Å². The molecule has 0 bridgehead atoms. The number of rotatable bonds is 11. The summed E-state index contributed by atoms with van der Waals surface area (Å²) >= 11 is 0. The summed E-state index contributed by atoms with van der Waals surface area (Å²) < 4.78 is 16.4. The van der Waals surface area contributed by atoms with E-state index in [0.29, 0.717) is 29.9 Å². The maximum Gasteiger partial charge on any atom is 0.416 e. The van der Waals surface area contributed by atoms with Crippen molar-refractivity contribution in [1.29, 1.82) is 0 Å². The van der Waals surface area contributed by atoms with Gasteiger partial charge in [0.1, 0.15) is 18.0 Å². The van der Waals surface area contributed by atoms with Crippen molar-refractivity contribution in [2.24, 2.45) is 0 Å². The van der Waals surface area contributed by atoms with Crippen LogP contribution in [0.3, 0.4) is 0 Å². The van der Waals surface area contributed by atoms with E-state index in [9.17, 15) is 9.59 Å². The highest BCUT2D eigenvalue weighted by Gasteiger charge is 2.29. The lowest BCUT2D eigenvalue weighted by Crippen LogP contribution is -2.33. The molecule has 0 saturated heterocycles. The van der Waals surface area contributed by atoms with Crippen molar-refractivity contribution in [1.82, 2.24) is 0 Å². The Hall–Kier alpha value is -2.76. The predicted molar refractivity (Wildman–Crippen MR) is 109 cm³/mol. The van der Waals surface area contributed by atoms with Crippen LogP contribution in [-0.2, 0) is 20.8 Å². The van der Waals surface area contributed by atoms with Crippen molar-refractivity contribution in [2.45, 2.75) is 52.2 Å². The smallest absolute Gasteiger partial charge is 0.416 e. The Bertz CT molecular complexity index is 763. The quantitative estimate of drug-likeness (QED) is 0.337. The molecule has 5 nitrogen and oxygen atoms in total. The molecule has 0 N–H and O–H groups in total.